The summed E-state index contributed by atoms with van der Waals surface area (Å²) in [5.74, 6) is 0. The number of nitrogens with one attached hydrogen (secondary N) is 3. The smallest absolute Gasteiger partial charge is 0.0483 e. The first-order valence-electron chi connectivity index (χ1n) is 8.94. The summed E-state index contributed by atoms with van der Waals surface area (Å²) in [5, 5.41) is 37.0. The Kier molecular flexibility index (Phi) is 47.0. The second kappa shape index (κ2) is 32.9. The molecule has 0 saturated heterocycles. The van der Waals surface area contributed by atoms with Gasteiger partial charge in [0.05, 0.1) is 0 Å². The van der Waals surface area contributed by atoms with Crippen LogP contribution in [0.3, 0.4) is 0 Å². The summed E-state index contributed by atoms with van der Waals surface area (Å²) in [6, 6.07) is 0. The molecular formula is C15H44N6O4Ti. The van der Waals surface area contributed by atoms with Crippen LogP contribution in [0.1, 0.15) is 55.4 Å². The second-order valence-corrected chi connectivity index (χ2v) is 4.78. The minimum atomic E-state index is -0.167. The van der Waals surface area contributed by atoms with Crippen LogP contribution in [0.4, 0.5) is 0 Å². The fourth-order valence-corrected chi connectivity index (χ4v) is 0.883. The summed E-state index contributed by atoms with van der Waals surface area (Å²) >= 11 is 0. The molecule has 162 valence electrons. The SMILES string of the molecule is CC(C)O.CCNN(O)CC.CCNN(O)CC.CCNN(O)CC.[Ti]. The van der Waals surface area contributed by atoms with Gasteiger partial charge in [0.25, 0.3) is 0 Å². The number of aliphatic hydroxyl groups is 1. The molecule has 0 aromatic carbocycles. The molecule has 11 heteroatoms. The summed E-state index contributed by atoms with van der Waals surface area (Å²) in [7, 11) is 0. The van der Waals surface area contributed by atoms with E-state index in [0.29, 0.717) is 19.6 Å². The molecule has 0 rings (SSSR count). The number of hydroxylamine groups is 3. The van der Waals surface area contributed by atoms with Gasteiger partial charge in [-0.1, -0.05) is 20.8 Å². The van der Waals surface area contributed by atoms with Crippen LogP contribution < -0.4 is 16.3 Å². The van der Waals surface area contributed by atoms with Crippen LogP contribution in [0, 0.1) is 0 Å². The van der Waals surface area contributed by atoms with Gasteiger partial charge in [-0.25, -0.2) is 16.3 Å². The average Bonchev–Trinajstić information content (AvgIpc) is 2.56. The van der Waals surface area contributed by atoms with E-state index in [9.17, 15) is 0 Å². The maximum Gasteiger partial charge on any atom is 0.0483 e. The van der Waals surface area contributed by atoms with Crippen molar-refractivity contribution in [1.82, 2.24) is 31.8 Å². The molecule has 0 fully saturated rings. The van der Waals surface area contributed by atoms with Crippen molar-refractivity contribution in [1.29, 1.82) is 0 Å². The normalized spacial score (nSPS) is 9.69. The Bertz CT molecular complexity index is 191. The molecule has 7 N–H and O–H groups in total. The van der Waals surface area contributed by atoms with Crippen LogP contribution >= 0.6 is 0 Å². The number of hydrazine groups is 3. The van der Waals surface area contributed by atoms with Crippen LogP contribution in [0.2, 0.25) is 0 Å². The summed E-state index contributed by atoms with van der Waals surface area (Å²) < 4.78 is 0. The van der Waals surface area contributed by atoms with Crippen molar-refractivity contribution < 1.29 is 42.4 Å². The van der Waals surface area contributed by atoms with Gasteiger partial charge in [-0.05, 0) is 34.6 Å². The Hall–Kier alpha value is 0.314. The molecule has 0 aromatic heterocycles. The fraction of sp³-hybridized carbons (Fsp3) is 1.00. The number of nitrogens with zero attached hydrogens (tertiary/aromatic N) is 3. The second-order valence-electron chi connectivity index (χ2n) is 4.78. The molecule has 0 bridgehead atoms. The van der Waals surface area contributed by atoms with Gasteiger partial charge in [0.15, 0.2) is 0 Å². The minimum Gasteiger partial charge on any atom is -0.394 e. The molecule has 0 amide bonds. The molecule has 26 heavy (non-hydrogen) atoms. The standard InChI is InChI=1S/3C4H12N2O.C3H8O.Ti/c3*1-3-5-6(7)4-2;1-3(2)4;/h3*5,7H,3-4H2,1-2H3;3-4H,1-2H3;. The van der Waals surface area contributed by atoms with E-state index in [1.54, 1.807) is 13.8 Å². The molecule has 0 saturated carbocycles. The molecule has 0 aromatic rings. The third-order valence-electron chi connectivity index (χ3n) is 1.92. The molecule has 10 nitrogen and oxygen atoms in total. The molecule has 0 heterocycles. The van der Waals surface area contributed by atoms with E-state index in [4.69, 9.17) is 20.7 Å². The van der Waals surface area contributed by atoms with Gasteiger partial charge >= 0.3 is 0 Å². The van der Waals surface area contributed by atoms with Crippen LogP contribution in [-0.4, -0.2) is 81.6 Å². The number of rotatable bonds is 9. The largest absolute Gasteiger partial charge is 0.394 e. The zero-order chi connectivity index (χ0) is 20.7. The third kappa shape index (κ3) is 56.4. The topological polar surface area (TPSA) is 127 Å². The molecule has 0 spiro atoms. The Morgan fingerprint density at radius 1 is 0.615 bits per heavy atom. The first-order valence-corrected chi connectivity index (χ1v) is 8.94. The van der Waals surface area contributed by atoms with E-state index in [1.807, 2.05) is 41.5 Å². The molecule has 0 aliphatic carbocycles. The molecular weight excluding hydrogens is 376 g/mol. The van der Waals surface area contributed by atoms with E-state index in [0.717, 1.165) is 35.2 Å². The minimum absolute atomic E-state index is 0. The predicted octanol–water partition coefficient (Wildman–Crippen LogP) is 1.05. The summed E-state index contributed by atoms with van der Waals surface area (Å²) in [6.45, 7) is 19.0. The van der Waals surface area contributed by atoms with Gasteiger partial charge in [-0.15, -0.1) is 15.5 Å². The van der Waals surface area contributed by atoms with Crippen molar-refractivity contribution in [3.05, 3.63) is 0 Å². The van der Waals surface area contributed by atoms with E-state index >= 15 is 0 Å². The van der Waals surface area contributed by atoms with Gasteiger partial charge in [0.1, 0.15) is 0 Å². The van der Waals surface area contributed by atoms with Crippen molar-refractivity contribution in [2.75, 3.05) is 39.3 Å². The zero-order valence-electron chi connectivity index (χ0n) is 18.0. The Balaban J connectivity index is -0.0000000759. The van der Waals surface area contributed by atoms with E-state index in [-0.39, 0.29) is 27.8 Å². The maximum absolute atomic E-state index is 8.58. The summed E-state index contributed by atoms with van der Waals surface area (Å²) in [5.41, 5.74) is 8.05. The molecule has 0 aliphatic heterocycles. The van der Waals surface area contributed by atoms with E-state index in [1.165, 1.54) is 0 Å². The number of hydrogen-bond donors (Lipinski definition) is 7. The first kappa shape index (κ1) is 37.1. The molecule has 0 aliphatic rings. The van der Waals surface area contributed by atoms with Crippen molar-refractivity contribution in [3.63, 3.8) is 0 Å². The predicted molar refractivity (Wildman–Crippen MR) is 101 cm³/mol. The Morgan fingerprint density at radius 3 is 0.808 bits per heavy atom. The van der Waals surface area contributed by atoms with E-state index < -0.39 is 0 Å². The van der Waals surface area contributed by atoms with Gasteiger partial charge in [0.2, 0.25) is 0 Å². The monoisotopic (exact) mass is 420 g/mol. The van der Waals surface area contributed by atoms with Gasteiger partial charge in [-0.2, -0.15) is 0 Å². The molecule has 0 radical (unpaired) electrons. The van der Waals surface area contributed by atoms with E-state index in [2.05, 4.69) is 16.3 Å². The van der Waals surface area contributed by atoms with Crippen molar-refractivity contribution in [2.24, 2.45) is 0 Å². The average molecular weight is 420 g/mol. The van der Waals surface area contributed by atoms with Crippen molar-refractivity contribution in [2.45, 2.75) is 61.5 Å². The van der Waals surface area contributed by atoms with Crippen molar-refractivity contribution >= 4 is 0 Å². The van der Waals surface area contributed by atoms with Crippen LogP contribution in [0.15, 0.2) is 0 Å². The van der Waals surface area contributed by atoms with Gasteiger partial charge in [0, 0.05) is 67.1 Å². The quantitative estimate of drug-likeness (QED) is 0.215. The fourth-order valence-electron chi connectivity index (χ4n) is 0.883. The first-order chi connectivity index (χ1) is 11.7. The maximum atomic E-state index is 8.58. The van der Waals surface area contributed by atoms with Gasteiger partial charge < -0.3 is 5.11 Å². The molecule has 0 unspecified atom stereocenters. The third-order valence-corrected chi connectivity index (χ3v) is 1.92. The Morgan fingerprint density at radius 2 is 0.769 bits per heavy atom. The molecule has 0 atom stereocenters. The number of aliphatic hydroxyl groups excluding tert-OH is 1. The van der Waals surface area contributed by atoms with Gasteiger partial charge in [-0.3, -0.25) is 15.6 Å². The van der Waals surface area contributed by atoms with Crippen LogP contribution in [-0.2, 0) is 21.7 Å². The van der Waals surface area contributed by atoms with Crippen molar-refractivity contribution in [3.8, 4) is 0 Å². The number of hydrogen-bond acceptors (Lipinski definition) is 10. The van der Waals surface area contributed by atoms with Crippen LogP contribution in [0.25, 0.3) is 0 Å². The zero-order valence-corrected chi connectivity index (χ0v) is 19.5. The summed E-state index contributed by atoms with van der Waals surface area (Å²) in [6.07, 6.45) is -0.167. The van der Waals surface area contributed by atoms with Crippen LogP contribution in [0.5, 0.6) is 0 Å². The summed E-state index contributed by atoms with van der Waals surface area (Å²) in [4.78, 5) is 0. The Labute approximate surface area is 175 Å².